The molecule has 3 aromatic heterocycles. The summed E-state index contributed by atoms with van der Waals surface area (Å²) in [6, 6.07) is 14.5. The van der Waals surface area contributed by atoms with Crippen molar-refractivity contribution in [2.24, 2.45) is 0 Å². The summed E-state index contributed by atoms with van der Waals surface area (Å²) in [6.45, 7) is 5.23. The number of aromatic nitrogens is 1. The summed E-state index contributed by atoms with van der Waals surface area (Å²) in [5, 5.41) is 9.77. The molecule has 0 aliphatic rings. The van der Waals surface area contributed by atoms with E-state index in [-0.39, 0.29) is 0 Å². The Morgan fingerprint density at radius 2 is 1.84 bits per heavy atom. The number of aryl methyl sites for hydroxylation is 2. The zero-order valence-corrected chi connectivity index (χ0v) is 17.4. The van der Waals surface area contributed by atoms with Gasteiger partial charge in [-0.2, -0.15) is 0 Å². The van der Waals surface area contributed by atoms with Crippen molar-refractivity contribution in [3.05, 3.63) is 56.8 Å². The minimum absolute atomic E-state index is 0.292. The third-order valence-electron chi connectivity index (χ3n) is 4.03. The van der Waals surface area contributed by atoms with Crippen LogP contribution in [0, 0.1) is 6.92 Å². The molecular formula is C20H18NOS2Se+. The number of aromatic hydroxyl groups is 1. The van der Waals surface area contributed by atoms with E-state index in [1.807, 2.05) is 28.7 Å². The molecule has 0 saturated carbocycles. The Bertz CT molecular complexity index is 1070. The molecule has 0 fully saturated rings. The van der Waals surface area contributed by atoms with Gasteiger partial charge in [0.05, 0.1) is 0 Å². The molecule has 0 bridgehead atoms. The number of benzene rings is 1. The Hall–Kier alpha value is -1.65. The molecule has 25 heavy (non-hydrogen) atoms. The average molecular weight is 431 g/mol. The fourth-order valence-corrected chi connectivity index (χ4v) is 7.03. The second kappa shape index (κ2) is 6.93. The molecular weight excluding hydrogens is 413 g/mol. The van der Waals surface area contributed by atoms with Crippen LogP contribution in [0.4, 0.5) is 0 Å². The normalized spacial score (nSPS) is 11.8. The maximum absolute atomic E-state index is 9.77. The molecule has 0 aliphatic carbocycles. The van der Waals surface area contributed by atoms with Crippen LogP contribution in [0.5, 0.6) is 5.75 Å². The van der Waals surface area contributed by atoms with E-state index >= 15 is 0 Å². The number of fused-ring (bicyclic) bond motifs is 1. The van der Waals surface area contributed by atoms with Crippen molar-refractivity contribution >= 4 is 59.1 Å². The van der Waals surface area contributed by atoms with E-state index in [4.69, 9.17) is 0 Å². The number of phenolic OH excluding ortho intramolecular Hbond substituents is 1. The second-order valence-electron chi connectivity index (χ2n) is 5.78. The summed E-state index contributed by atoms with van der Waals surface area (Å²) in [5.41, 5.74) is 1.16. The van der Waals surface area contributed by atoms with Gasteiger partial charge in [0, 0.05) is 0 Å². The number of nitrogens with zero attached hydrogens (tertiary/aromatic N) is 1. The Balaban J connectivity index is 1.66. The number of rotatable bonds is 4. The second-order valence-corrected chi connectivity index (χ2v) is 10.4. The average Bonchev–Trinajstić information content (AvgIpc) is 3.30. The van der Waals surface area contributed by atoms with Crippen LogP contribution in [0.15, 0.2) is 42.5 Å². The quantitative estimate of drug-likeness (QED) is 0.350. The van der Waals surface area contributed by atoms with Crippen LogP contribution >= 0.6 is 22.7 Å². The molecule has 5 heteroatoms. The molecule has 0 saturated heterocycles. The Labute approximate surface area is 161 Å². The molecule has 0 radical (unpaired) electrons. The molecule has 0 spiro atoms. The van der Waals surface area contributed by atoms with Crippen LogP contribution in [0.3, 0.4) is 0 Å². The van der Waals surface area contributed by atoms with Gasteiger partial charge in [0.1, 0.15) is 0 Å². The molecule has 3 heterocycles. The summed E-state index contributed by atoms with van der Waals surface area (Å²) < 4.78 is 4.99. The zero-order chi connectivity index (χ0) is 17.4. The van der Waals surface area contributed by atoms with Crippen LogP contribution in [0.25, 0.3) is 31.7 Å². The van der Waals surface area contributed by atoms with Gasteiger partial charge in [-0.15, -0.1) is 0 Å². The van der Waals surface area contributed by atoms with Gasteiger partial charge in [0.2, 0.25) is 0 Å². The van der Waals surface area contributed by atoms with Crippen LogP contribution in [-0.2, 0) is 6.54 Å². The number of hydrogen-bond acceptors (Lipinski definition) is 3. The maximum atomic E-state index is 9.77. The molecule has 4 aromatic rings. The van der Waals surface area contributed by atoms with Crippen molar-refractivity contribution in [2.75, 3.05) is 0 Å². The summed E-state index contributed by atoms with van der Waals surface area (Å²) in [6.07, 6.45) is 4.47. The molecule has 1 aromatic carbocycles. The number of hydrogen-bond donors (Lipinski definition) is 1. The molecule has 4 rings (SSSR count). The first-order valence-corrected chi connectivity index (χ1v) is 11.5. The molecule has 0 unspecified atom stereocenters. The summed E-state index contributed by atoms with van der Waals surface area (Å²) in [7, 11) is 0. The number of phenols is 1. The first-order valence-electron chi connectivity index (χ1n) is 8.14. The third-order valence-corrected chi connectivity index (χ3v) is 8.65. The van der Waals surface area contributed by atoms with E-state index in [1.165, 1.54) is 28.3 Å². The van der Waals surface area contributed by atoms with Crippen LogP contribution < -0.4 is 4.57 Å². The minimum atomic E-state index is 0.292. The predicted molar refractivity (Wildman–Crippen MR) is 110 cm³/mol. The fourth-order valence-electron chi connectivity index (χ4n) is 2.83. The van der Waals surface area contributed by atoms with E-state index < -0.39 is 0 Å². The molecule has 126 valence electrons. The van der Waals surface area contributed by atoms with Crippen molar-refractivity contribution < 1.29 is 9.67 Å². The molecule has 1 N–H and O–H groups in total. The molecule has 2 nitrogen and oxygen atoms in total. The van der Waals surface area contributed by atoms with Crippen molar-refractivity contribution in [3.8, 4) is 15.5 Å². The summed E-state index contributed by atoms with van der Waals surface area (Å²) >= 11 is 3.98. The fraction of sp³-hybridized carbons (Fsp3) is 0.150. The van der Waals surface area contributed by atoms with Gasteiger partial charge in [-0.3, -0.25) is 0 Å². The van der Waals surface area contributed by atoms with E-state index in [0.29, 0.717) is 20.3 Å². The SMILES string of the molecule is CC[n+]1c(/C=C/c2ccc(-c3ccc(C)s3)s2)[se]c2ccc(O)cc21. The monoisotopic (exact) mass is 432 g/mol. The van der Waals surface area contributed by atoms with Gasteiger partial charge in [-0.05, 0) is 0 Å². The third kappa shape index (κ3) is 3.38. The van der Waals surface area contributed by atoms with Gasteiger partial charge in [-0.25, -0.2) is 0 Å². The van der Waals surface area contributed by atoms with Gasteiger partial charge >= 0.3 is 161 Å². The van der Waals surface area contributed by atoms with Crippen molar-refractivity contribution in [2.45, 2.75) is 20.4 Å². The van der Waals surface area contributed by atoms with Gasteiger partial charge in [0.25, 0.3) is 0 Å². The van der Waals surface area contributed by atoms with Gasteiger partial charge in [-0.1, -0.05) is 0 Å². The first kappa shape index (κ1) is 16.8. The van der Waals surface area contributed by atoms with Crippen LogP contribution in [-0.4, -0.2) is 19.6 Å². The van der Waals surface area contributed by atoms with Gasteiger partial charge in [0.15, 0.2) is 0 Å². The molecule has 0 amide bonds. The molecule has 0 atom stereocenters. The van der Waals surface area contributed by atoms with Crippen molar-refractivity contribution in [1.82, 2.24) is 0 Å². The number of thiophene rings is 2. The Morgan fingerprint density at radius 1 is 1.04 bits per heavy atom. The Morgan fingerprint density at radius 3 is 2.60 bits per heavy atom. The topological polar surface area (TPSA) is 24.1 Å². The van der Waals surface area contributed by atoms with Crippen molar-refractivity contribution in [1.29, 1.82) is 0 Å². The van der Waals surface area contributed by atoms with Gasteiger partial charge < -0.3 is 0 Å². The first-order chi connectivity index (χ1) is 12.1. The van der Waals surface area contributed by atoms with Crippen molar-refractivity contribution in [3.63, 3.8) is 0 Å². The molecule has 0 aliphatic heterocycles. The zero-order valence-electron chi connectivity index (χ0n) is 14.0. The van der Waals surface area contributed by atoms with E-state index in [9.17, 15) is 5.11 Å². The Kier molecular flexibility index (Phi) is 4.65. The standard InChI is InChI=1S/C20H17NOS2Se/c1-3-21-16-12-14(22)5-10-19(16)25-20(21)11-7-15-6-9-18(24-15)17-8-4-13(2)23-17/h4-12H,3H2,1-2H3/p+1/b11-7+. The van der Waals surface area contributed by atoms with E-state index in [2.05, 4.69) is 60.9 Å². The summed E-state index contributed by atoms with van der Waals surface area (Å²) in [4.78, 5) is 5.31. The summed E-state index contributed by atoms with van der Waals surface area (Å²) in [5.74, 6) is 0.340. The van der Waals surface area contributed by atoms with Crippen LogP contribution in [0.1, 0.15) is 21.2 Å². The van der Waals surface area contributed by atoms with E-state index in [0.717, 1.165) is 12.1 Å². The van der Waals surface area contributed by atoms with Crippen LogP contribution in [0.2, 0.25) is 0 Å². The predicted octanol–water partition coefficient (Wildman–Crippen LogP) is 5.18. The van der Waals surface area contributed by atoms with E-state index in [1.54, 1.807) is 6.07 Å².